The molecule has 0 aliphatic carbocycles. The Morgan fingerprint density at radius 3 is 2.69 bits per heavy atom. The second kappa shape index (κ2) is 6.86. The van der Waals surface area contributed by atoms with Crippen LogP contribution in [0.2, 0.25) is 0 Å². The fourth-order valence-corrected chi connectivity index (χ4v) is 2.17. The van der Waals surface area contributed by atoms with Crippen LogP contribution in [-0.2, 0) is 4.79 Å². The minimum absolute atomic E-state index is 0.0409. The van der Waals surface area contributed by atoms with Crippen molar-refractivity contribution in [2.75, 3.05) is 26.2 Å². The molecule has 4 nitrogen and oxygen atoms in total. The summed E-state index contributed by atoms with van der Waals surface area (Å²) in [5.74, 6) is 0.164. The summed E-state index contributed by atoms with van der Waals surface area (Å²) in [4.78, 5) is 14.1. The molecular formula is C12H25N3O. The fourth-order valence-electron chi connectivity index (χ4n) is 2.17. The summed E-state index contributed by atoms with van der Waals surface area (Å²) in [6.45, 7) is 10.4. The summed E-state index contributed by atoms with van der Waals surface area (Å²) in [5, 5.41) is 6.30. The topological polar surface area (TPSA) is 44.4 Å². The number of rotatable bonds is 6. The molecule has 1 rings (SSSR count). The van der Waals surface area contributed by atoms with E-state index in [1.165, 1.54) is 0 Å². The largest absolute Gasteiger partial charge is 0.351 e. The third-order valence-electron chi connectivity index (χ3n) is 3.19. The molecule has 1 aliphatic heterocycles. The maximum Gasteiger partial charge on any atom is 0.237 e. The first kappa shape index (κ1) is 13.5. The number of carbonyl (C=O) groups excluding carboxylic acids is 1. The van der Waals surface area contributed by atoms with Crippen LogP contribution in [0.5, 0.6) is 0 Å². The Kier molecular flexibility index (Phi) is 5.77. The number of amides is 1. The highest BCUT2D eigenvalue weighted by Gasteiger charge is 2.23. The van der Waals surface area contributed by atoms with E-state index in [2.05, 4.69) is 36.3 Å². The van der Waals surface area contributed by atoms with Gasteiger partial charge < -0.3 is 15.5 Å². The van der Waals surface area contributed by atoms with Crippen molar-refractivity contribution < 1.29 is 4.79 Å². The minimum atomic E-state index is 0.0409. The van der Waals surface area contributed by atoms with Crippen LogP contribution in [0.1, 0.15) is 33.6 Å². The number of nitrogens with zero attached hydrogens (tertiary/aromatic N) is 1. The van der Waals surface area contributed by atoms with Crippen LogP contribution in [0.25, 0.3) is 0 Å². The SMILES string of the molecule is CCN(CC)CC(C)NC(=O)C1CCCN1. The van der Waals surface area contributed by atoms with Crippen molar-refractivity contribution in [2.24, 2.45) is 0 Å². The number of likely N-dealkylation sites (N-methyl/N-ethyl adjacent to an activating group) is 1. The molecule has 0 bridgehead atoms. The van der Waals surface area contributed by atoms with Crippen LogP contribution >= 0.6 is 0 Å². The van der Waals surface area contributed by atoms with Crippen LogP contribution < -0.4 is 10.6 Å². The van der Waals surface area contributed by atoms with Crippen molar-refractivity contribution in [3.05, 3.63) is 0 Å². The molecule has 16 heavy (non-hydrogen) atoms. The van der Waals surface area contributed by atoms with Gasteiger partial charge in [-0.05, 0) is 39.4 Å². The van der Waals surface area contributed by atoms with Crippen LogP contribution in [0, 0.1) is 0 Å². The zero-order valence-electron chi connectivity index (χ0n) is 10.8. The molecule has 0 radical (unpaired) electrons. The van der Waals surface area contributed by atoms with E-state index >= 15 is 0 Å². The predicted octanol–water partition coefficient (Wildman–Crippen LogP) is 0.585. The molecule has 1 amide bonds. The van der Waals surface area contributed by atoms with E-state index in [4.69, 9.17) is 0 Å². The first-order valence-corrected chi connectivity index (χ1v) is 6.43. The van der Waals surface area contributed by atoms with Gasteiger partial charge in [-0.25, -0.2) is 0 Å². The van der Waals surface area contributed by atoms with Crippen molar-refractivity contribution >= 4 is 5.91 Å². The van der Waals surface area contributed by atoms with Crippen molar-refractivity contribution in [1.82, 2.24) is 15.5 Å². The van der Waals surface area contributed by atoms with E-state index in [1.54, 1.807) is 0 Å². The molecule has 1 aliphatic rings. The Balaban J connectivity index is 2.26. The third-order valence-corrected chi connectivity index (χ3v) is 3.19. The third kappa shape index (κ3) is 4.10. The summed E-state index contributed by atoms with van der Waals surface area (Å²) in [5.41, 5.74) is 0. The average molecular weight is 227 g/mol. The average Bonchev–Trinajstić information content (AvgIpc) is 2.79. The quantitative estimate of drug-likeness (QED) is 0.698. The molecule has 0 saturated carbocycles. The lowest BCUT2D eigenvalue weighted by Gasteiger charge is -2.24. The Bertz CT molecular complexity index is 210. The molecule has 94 valence electrons. The molecule has 2 N–H and O–H groups in total. The highest BCUT2D eigenvalue weighted by Crippen LogP contribution is 2.05. The highest BCUT2D eigenvalue weighted by molar-refractivity contribution is 5.82. The molecule has 2 atom stereocenters. The molecule has 0 spiro atoms. The molecule has 0 aromatic rings. The summed E-state index contributed by atoms with van der Waals surface area (Å²) >= 11 is 0. The van der Waals surface area contributed by atoms with Gasteiger partial charge in [0.25, 0.3) is 0 Å². The molecule has 1 saturated heterocycles. The smallest absolute Gasteiger partial charge is 0.237 e. The molecule has 0 aromatic carbocycles. The van der Waals surface area contributed by atoms with Gasteiger partial charge in [-0.3, -0.25) is 4.79 Å². The zero-order chi connectivity index (χ0) is 12.0. The van der Waals surface area contributed by atoms with Crippen LogP contribution in [0.3, 0.4) is 0 Å². The molecule has 2 unspecified atom stereocenters. The lowest BCUT2D eigenvalue weighted by Crippen LogP contribution is -2.48. The van der Waals surface area contributed by atoms with Gasteiger partial charge >= 0.3 is 0 Å². The predicted molar refractivity (Wildman–Crippen MR) is 66.4 cm³/mol. The molecule has 1 fully saturated rings. The van der Waals surface area contributed by atoms with Gasteiger partial charge in [0, 0.05) is 12.6 Å². The van der Waals surface area contributed by atoms with Gasteiger partial charge in [0.2, 0.25) is 5.91 Å². The van der Waals surface area contributed by atoms with Gasteiger partial charge in [-0.15, -0.1) is 0 Å². The van der Waals surface area contributed by atoms with Crippen molar-refractivity contribution in [1.29, 1.82) is 0 Å². The van der Waals surface area contributed by atoms with Crippen molar-refractivity contribution in [2.45, 2.75) is 45.7 Å². The van der Waals surface area contributed by atoms with Crippen molar-refractivity contribution in [3.8, 4) is 0 Å². The lowest BCUT2D eigenvalue weighted by atomic mass is 10.2. The first-order valence-electron chi connectivity index (χ1n) is 6.43. The monoisotopic (exact) mass is 227 g/mol. The number of hydrogen-bond acceptors (Lipinski definition) is 3. The van der Waals surface area contributed by atoms with Gasteiger partial charge in [-0.2, -0.15) is 0 Å². The summed E-state index contributed by atoms with van der Waals surface area (Å²) in [6, 6.07) is 0.272. The normalized spacial score (nSPS) is 22.4. The summed E-state index contributed by atoms with van der Waals surface area (Å²) < 4.78 is 0. The first-order chi connectivity index (χ1) is 7.67. The van der Waals surface area contributed by atoms with Gasteiger partial charge in [0.15, 0.2) is 0 Å². The standard InChI is InChI=1S/C12H25N3O/c1-4-15(5-2)9-10(3)14-12(16)11-7-6-8-13-11/h10-11,13H,4-9H2,1-3H3,(H,14,16). The maximum absolute atomic E-state index is 11.8. The van der Waals surface area contributed by atoms with Crippen LogP contribution in [0.4, 0.5) is 0 Å². The Labute approximate surface area is 98.8 Å². The molecule has 0 aromatic heterocycles. The van der Waals surface area contributed by atoms with Crippen LogP contribution in [0.15, 0.2) is 0 Å². The fraction of sp³-hybridized carbons (Fsp3) is 0.917. The van der Waals surface area contributed by atoms with Gasteiger partial charge in [-0.1, -0.05) is 13.8 Å². The maximum atomic E-state index is 11.8. The van der Waals surface area contributed by atoms with E-state index in [1.807, 2.05) is 0 Å². The van der Waals surface area contributed by atoms with E-state index in [9.17, 15) is 4.79 Å². The summed E-state index contributed by atoms with van der Waals surface area (Å²) in [7, 11) is 0. The molecule has 4 heteroatoms. The molecule has 1 heterocycles. The number of nitrogens with one attached hydrogen (secondary N) is 2. The van der Waals surface area contributed by atoms with Crippen molar-refractivity contribution in [3.63, 3.8) is 0 Å². The van der Waals surface area contributed by atoms with Gasteiger partial charge in [0.05, 0.1) is 6.04 Å². The minimum Gasteiger partial charge on any atom is -0.351 e. The lowest BCUT2D eigenvalue weighted by molar-refractivity contribution is -0.123. The van der Waals surface area contributed by atoms with E-state index in [0.29, 0.717) is 0 Å². The Hall–Kier alpha value is -0.610. The number of hydrogen-bond donors (Lipinski definition) is 2. The van der Waals surface area contributed by atoms with E-state index < -0.39 is 0 Å². The zero-order valence-corrected chi connectivity index (χ0v) is 10.8. The highest BCUT2D eigenvalue weighted by atomic mass is 16.2. The summed E-state index contributed by atoms with van der Waals surface area (Å²) in [6.07, 6.45) is 2.09. The van der Waals surface area contributed by atoms with Gasteiger partial charge in [0.1, 0.15) is 0 Å². The van der Waals surface area contributed by atoms with E-state index in [0.717, 1.165) is 39.0 Å². The second-order valence-corrected chi connectivity index (χ2v) is 4.54. The second-order valence-electron chi connectivity index (χ2n) is 4.54. The van der Waals surface area contributed by atoms with E-state index in [-0.39, 0.29) is 18.0 Å². The Morgan fingerprint density at radius 1 is 1.50 bits per heavy atom. The van der Waals surface area contributed by atoms with Crippen LogP contribution in [-0.4, -0.2) is 49.1 Å². The number of carbonyl (C=O) groups is 1. The molecular weight excluding hydrogens is 202 g/mol. The Morgan fingerprint density at radius 2 is 2.19 bits per heavy atom.